The van der Waals surface area contributed by atoms with Crippen LogP contribution in [0.25, 0.3) is 11.4 Å². The van der Waals surface area contributed by atoms with Gasteiger partial charge >= 0.3 is 12.1 Å². The Morgan fingerprint density at radius 1 is 1.07 bits per heavy atom. The van der Waals surface area contributed by atoms with Crippen molar-refractivity contribution in [3.05, 3.63) is 77.1 Å². The van der Waals surface area contributed by atoms with Crippen LogP contribution in [-0.2, 0) is 12.7 Å². The van der Waals surface area contributed by atoms with E-state index in [2.05, 4.69) is 15.3 Å². The number of para-hydroxylation sites is 1. The molecule has 3 rings (SSSR count). The van der Waals surface area contributed by atoms with E-state index in [1.165, 1.54) is 18.2 Å². The van der Waals surface area contributed by atoms with Crippen molar-refractivity contribution >= 4 is 11.7 Å². The molecule has 1 aromatic heterocycles. The monoisotopic (exact) mass is 387 g/mol. The fraction of sp³-hybridized carbons (Fsp3) is 0.150. The number of hydrogen-bond acceptors (Lipinski definition) is 4. The highest BCUT2D eigenvalue weighted by Crippen LogP contribution is 2.31. The van der Waals surface area contributed by atoms with Crippen LogP contribution in [0.5, 0.6) is 0 Å². The zero-order valence-electron chi connectivity index (χ0n) is 14.8. The molecule has 0 aliphatic heterocycles. The third kappa shape index (κ3) is 4.46. The molecular weight excluding hydrogens is 371 g/mol. The molecule has 0 fully saturated rings. The Labute approximate surface area is 158 Å². The average molecular weight is 387 g/mol. The van der Waals surface area contributed by atoms with Gasteiger partial charge in [-0.1, -0.05) is 24.3 Å². The normalized spacial score (nSPS) is 11.3. The van der Waals surface area contributed by atoms with Crippen molar-refractivity contribution in [2.45, 2.75) is 19.6 Å². The third-order valence-electron chi connectivity index (χ3n) is 3.97. The second kappa shape index (κ2) is 7.67. The van der Waals surface area contributed by atoms with Crippen LogP contribution in [0, 0.1) is 6.92 Å². The van der Waals surface area contributed by atoms with E-state index in [-0.39, 0.29) is 23.5 Å². The topological polar surface area (TPSA) is 75.1 Å². The van der Waals surface area contributed by atoms with Gasteiger partial charge in [-0.25, -0.2) is 14.8 Å². The van der Waals surface area contributed by atoms with Crippen molar-refractivity contribution in [3.8, 4) is 11.4 Å². The van der Waals surface area contributed by atoms with Crippen LogP contribution >= 0.6 is 0 Å². The van der Waals surface area contributed by atoms with Crippen molar-refractivity contribution in [3.63, 3.8) is 0 Å². The summed E-state index contributed by atoms with van der Waals surface area (Å²) < 4.78 is 38.9. The molecule has 0 saturated heterocycles. The predicted octanol–water partition coefficient (Wildman–Crippen LogP) is 4.78. The standard InChI is InChI=1S/C20H16F3N3O2/c1-12-9-15(11-24-17-8-3-2-7-16(17)19(27)28)26-18(25-12)13-5-4-6-14(10-13)20(21,22)23/h2-10,24H,11H2,1H3,(H,27,28). The molecule has 28 heavy (non-hydrogen) atoms. The highest BCUT2D eigenvalue weighted by atomic mass is 19.4. The highest BCUT2D eigenvalue weighted by Gasteiger charge is 2.30. The number of benzene rings is 2. The number of aromatic nitrogens is 2. The summed E-state index contributed by atoms with van der Waals surface area (Å²) in [5.41, 5.74) is 1.14. The molecule has 8 heteroatoms. The van der Waals surface area contributed by atoms with Gasteiger partial charge in [0, 0.05) is 16.9 Å². The largest absolute Gasteiger partial charge is 0.478 e. The Bertz CT molecular complexity index is 1020. The van der Waals surface area contributed by atoms with Gasteiger partial charge in [-0.15, -0.1) is 0 Å². The number of carboxylic acids is 1. The number of rotatable bonds is 5. The van der Waals surface area contributed by atoms with E-state index >= 15 is 0 Å². The second-order valence-electron chi connectivity index (χ2n) is 6.11. The molecule has 5 nitrogen and oxygen atoms in total. The van der Waals surface area contributed by atoms with E-state index in [0.29, 0.717) is 17.1 Å². The molecular formula is C20H16F3N3O2. The quantitative estimate of drug-likeness (QED) is 0.659. The molecule has 0 saturated carbocycles. The number of aromatic carboxylic acids is 1. The summed E-state index contributed by atoms with van der Waals surface area (Å²) >= 11 is 0. The van der Waals surface area contributed by atoms with Crippen LogP contribution < -0.4 is 5.32 Å². The first-order chi connectivity index (χ1) is 13.2. The number of halogens is 3. The first-order valence-corrected chi connectivity index (χ1v) is 8.32. The van der Waals surface area contributed by atoms with E-state index in [0.717, 1.165) is 12.1 Å². The van der Waals surface area contributed by atoms with Gasteiger partial charge in [0.2, 0.25) is 0 Å². The van der Waals surface area contributed by atoms with Gasteiger partial charge < -0.3 is 10.4 Å². The molecule has 144 valence electrons. The van der Waals surface area contributed by atoms with E-state index in [9.17, 15) is 23.1 Å². The number of alkyl halides is 3. The van der Waals surface area contributed by atoms with E-state index < -0.39 is 17.7 Å². The van der Waals surface area contributed by atoms with Crippen molar-refractivity contribution in [2.75, 3.05) is 5.32 Å². The van der Waals surface area contributed by atoms with Crippen LogP contribution in [0.15, 0.2) is 54.6 Å². The first kappa shape index (κ1) is 19.3. The van der Waals surface area contributed by atoms with Crippen LogP contribution in [0.2, 0.25) is 0 Å². The summed E-state index contributed by atoms with van der Waals surface area (Å²) in [6.45, 7) is 1.91. The predicted molar refractivity (Wildman–Crippen MR) is 97.9 cm³/mol. The number of carboxylic acid groups (broad SMARTS) is 1. The lowest BCUT2D eigenvalue weighted by atomic mass is 10.1. The Balaban J connectivity index is 1.88. The van der Waals surface area contributed by atoms with Crippen LogP contribution in [0.1, 0.15) is 27.3 Å². The number of nitrogens with one attached hydrogen (secondary N) is 1. The minimum atomic E-state index is -4.45. The van der Waals surface area contributed by atoms with Crippen molar-refractivity contribution in [2.24, 2.45) is 0 Å². The third-order valence-corrected chi connectivity index (χ3v) is 3.97. The van der Waals surface area contributed by atoms with Gasteiger partial charge in [-0.05, 0) is 37.3 Å². The minimum absolute atomic E-state index is 0.117. The van der Waals surface area contributed by atoms with Gasteiger partial charge in [0.1, 0.15) is 0 Å². The van der Waals surface area contributed by atoms with Gasteiger partial charge in [-0.3, -0.25) is 0 Å². The maximum absolute atomic E-state index is 13.0. The molecule has 2 aromatic carbocycles. The Kier molecular flexibility index (Phi) is 5.30. The average Bonchev–Trinajstić information content (AvgIpc) is 2.65. The number of aryl methyl sites for hydroxylation is 1. The van der Waals surface area contributed by atoms with Gasteiger partial charge in [0.05, 0.1) is 23.4 Å². The number of anilines is 1. The smallest absolute Gasteiger partial charge is 0.416 e. The van der Waals surface area contributed by atoms with Crippen molar-refractivity contribution in [1.29, 1.82) is 0 Å². The summed E-state index contributed by atoms with van der Waals surface area (Å²) in [5, 5.41) is 12.2. The lowest BCUT2D eigenvalue weighted by Crippen LogP contribution is -2.09. The first-order valence-electron chi connectivity index (χ1n) is 8.32. The molecule has 0 bridgehead atoms. The lowest BCUT2D eigenvalue weighted by Gasteiger charge is -2.11. The van der Waals surface area contributed by atoms with Crippen LogP contribution in [0.4, 0.5) is 18.9 Å². The SMILES string of the molecule is Cc1cc(CNc2ccccc2C(=O)O)nc(-c2cccc(C(F)(F)F)c2)n1. The second-order valence-corrected chi connectivity index (χ2v) is 6.11. The van der Waals surface area contributed by atoms with Crippen molar-refractivity contribution in [1.82, 2.24) is 9.97 Å². The molecule has 0 unspecified atom stereocenters. The Morgan fingerprint density at radius 2 is 1.82 bits per heavy atom. The molecule has 0 aliphatic carbocycles. The summed E-state index contributed by atoms with van der Waals surface area (Å²) in [4.78, 5) is 19.8. The number of nitrogens with zero attached hydrogens (tertiary/aromatic N) is 2. The summed E-state index contributed by atoms with van der Waals surface area (Å²) in [5.74, 6) is -0.888. The molecule has 3 aromatic rings. The van der Waals surface area contributed by atoms with Crippen LogP contribution in [0.3, 0.4) is 0 Å². The van der Waals surface area contributed by atoms with E-state index in [1.807, 2.05) is 0 Å². The Hall–Kier alpha value is -3.42. The van der Waals surface area contributed by atoms with Gasteiger partial charge in [0.15, 0.2) is 5.82 Å². The molecule has 1 heterocycles. The zero-order chi connectivity index (χ0) is 20.3. The maximum Gasteiger partial charge on any atom is 0.416 e. The fourth-order valence-corrected chi connectivity index (χ4v) is 2.70. The summed E-state index contributed by atoms with van der Waals surface area (Å²) in [6.07, 6.45) is -4.45. The molecule has 2 N–H and O–H groups in total. The lowest BCUT2D eigenvalue weighted by molar-refractivity contribution is -0.137. The number of carbonyl (C=O) groups is 1. The van der Waals surface area contributed by atoms with Gasteiger partial charge in [-0.2, -0.15) is 13.2 Å². The van der Waals surface area contributed by atoms with Gasteiger partial charge in [0.25, 0.3) is 0 Å². The molecule has 0 spiro atoms. The minimum Gasteiger partial charge on any atom is -0.478 e. The van der Waals surface area contributed by atoms with E-state index in [4.69, 9.17) is 0 Å². The van der Waals surface area contributed by atoms with Crippen LogP contribution in [-0.4, -0.2) is 21.0 Å². The summed E-state index contributed by atoms with van der Waals surface area (Å²) in [7, 11) is 0. The Morgan fingerprint density at radius 3 is 2.54 bits per heavy atom. The molecule has 0 amide bonds. The molecule has 0 aliphatic rings. The van der Waals surface area contributed by atoms with E-state index in [1.54, 1.807) is 31.2 Å². The number of hydrogen-bond donors (Lipinski definition) is 2. The maximum atomic E-state index is 13.0. The zero-order valence-corrected chi connectivity index (χ0v) is 14.8. The molecule has 0 atom stereocenters. The molecule has 0 radical (unpaired) electrons. The fourth-order valence-electron chi connectivity index (χ4n) is 2.70. The summed E-state index contributed by atoms with van der Waals surface area (Å²) in [6, 6.07) is 12.9. The van der Waals surface area contributed by atoms with Crippen molar-refractivity contribution < 1.29 is 23.1 Å². The highest BCUT2D eigenvalue weighted by molar-refractivity contribution is 5.94.